The molecule has 0 bridgehead atoms. The van der Waals surface area contributed by atoms with Gasteiger partial charge in [0.2, 0.25) is 0 Å². The van der Waals surface area contributed by atoms with Crippen molar-refractivity contribution in [2.45, 2.75) is 6.92 Å². The Hall–Kier alpha value is -2.17. The van der Waals surface area contributed by atoms with Gasteiger partial charge in [0.1, 0.15) is 0 Å². The van der Waals surface area contributed by atoms with E-state index in [1.807, 2.05) is 13.0 Å². The molecule has 1 rings (SSSR count). The van der Waals surface area contributed by atoms with Crippen LogP contribution >= 0.6 is 0 Å². The monoisotopic (exact) mass is 205 g/mol. The van der Waals surface area contributed by atoms with E-state index in [1.54, 1.807) is 12.1 Å². The topological polar surface area (TPSA) is 88.6 Å². The summed E-state index contributed by atoms with van der Waals surface area (Å²) in [5, 5.41) is 8.65. The highest BCUT2D eigenvalue weighted by Gasteiger charge is 2.00. The van der Waals surface area contributed by atoms with Gasteiger partial charge in [-0.1, -0.05) is 6.07 Å². The van der Waals surface area contributed by atoms with Crippen molar-refractivity contribution in [1.82, 2.24) is 4.98 Å². The summed E-state index contributed by atoms with van der Waals surface area (Å²) in [5.41, 5.74) is 5.71. The average molecular weight is 205 g/mol. The molecule has 1 heterocycles. The lowest BCUT2D eigenvalue weighted by molar-refractivity contribution is -0.114. The molecule has 5 heteroatoms. The van der Waals surface area contributed by atoms with E-state index in [1.165, 1.54) is 6.21 Å². The van der Waals surface area contributed by atoms with Crippen molar-refractivity contribution in [2.75, 3.05) is 0 Å². The second kappa shape index (κ2) is 4.90. The van der Waals surface area contributed by atoms with Crippen LogP contribution in [0.25, 0.3) is 0 Å². The number of primary amides is 1. The Kier molecular flexibility index (Phi) is 3.56. The number of aromatic nitrogens is 1. The number of hydrogen-bond donors (Lipinski definition) is 2. The first-order valence-corrected chi connectivity index (χ1v) is 4.25. The van der Waals surface area contributed by atoms with Crippen molar-refractivity contribution >= 4 is 17.9 Å². The van der Waals surface area contributed by atoms with E-state index in [0.29, 0.717) is 12.1 Å². The number of amides is 1. The largest absolute Gasteiger partial charge is 0.515 e. The molecule has 0 atom stereocenters. The number of aryl methyl sites for hydroxylation is 1. The Morgan fingerprint density at radius 3 is 2.87 bits per heavy atom. The quantitative estimate of drug-likeness (QED) is 0.438. The summed E-state index contributed by atoms with van der Waals surface area (Å²) in [4.78, 5) is 18.7. The van der Waals surface area contributed by atoms with Crippen LogP contribution < -0.4 is 5.73 Å². The molecule has 0 fully saturated rings. The fourth-order valence-corrected chi connectivity index (χ4v) is 0.897. The van der Waals surface area contributed by atoms with E-state index in [-0.39, 0.29) is 5.57 Å². The lowest BCUT2D eigenvalue weighted by Gasteiger charge is -1.95. The molecule has 0 saturated carbocycles. The highest BCUT2D eigenvalue weighted by atomic mass is 16.2. The number of rotatable bonds is 3. The van der Waals surface area contributed by atoms with Gasteiger partial charge < -0.3 is 10.8 Å². The lowest BCUT2D eigenvalue weighted by Crippen LogP contribution is -2.14. The number of hydrogen-bond acceptors (Lipinski definition) is 4. The summed E-state index contributed by atoms with van der Waals surface area (Å²) < 4.78 is 0. The summed E-state index contributed by atoms with van der Waals surface area (Å²) in [6, 6.07) is 5.30. The van der Waals surface area contributed by atoms with Crippen molar-refractivity contribution in [2.24, 2.45) is 10.7 Å². The minimum absolute atomic E-state index is 0.0710. The second-order valence-electron chi connectivity index (χ2n) is 2.84. The molecule has 0 radical (unpaired) electrons. The molecule has 0 aliphatic rings. The van der Waals surface area contributed by atoms with Gasteiger partial charge in [-0.25, -0.2) is 9.98 Å². The van der Waals surface area contributed by atoms with Crippen molar-refractivity contribution in [3.8, 4) is 0 Å². The van der Waals surface area contributed by atoms with Crippen molar-refractivity contribution in [3.05, 3.63) is 35.7 Å². The Bertz CT molecular complexity index is 424. The van der Waals surface area contributed by atoms with Crippen LogP contribution in [0.1, 0.15) is 5.69 Å². The molecule has 78 valence electrons. The molecule has 0 aliphatic carbocycles. The molecule has 0 spiro atoms. The summed E-state index contributed by atoms with van der Waals surface area (Å²) in [6.07, 6.45) is 1.78. The third-order valence-corrected chi connectivity index (χ3v) is 1.63. The molecule has 1 aromatic rings. The molecule has 5 nitrogen and oxygen atoms in total. The van der Waals surface area contributed by atoms with Gasteiger partial charge in [-0.05, 0) is 19.1 Å². The standard InChI is InChI=1S/C10H11N3O2/c1-7-3-2-4-9(13-7)12-5-8(6-14)10(11)15/h2-6,14H,1H3,(H2,11,15)/b8-6-,12-5+. The second-order valence-corrected chi connectivity index (χ2v) is 2.84. The molecule has 15 heavy (non-hydrogen) atoms. The minimum Gasteiger partial charge on any atom is -0.515 e. The molecule has 1 aromatic heterocycles. The maximum absolute atomic E-state index is 10.7. The summed E-state index contributed by atoms with van der Waals surface area (Å²) in [6.45, 7) is 1.83. The molecule has 0 aromatic carbocycles. The average Bonchev–Trinajstić information content (AvgIpc) is 2.18. The maximum atomic E-state index is 10.7. The van der Waals surface area contributed by atoms with Gasteiger partial charge in [-0.15, -0.1) is 0 Å². The normalized spacial score (nSPS) is 11.9. The third-order valence-electron chi connectivity index (χ3n) is 1.63. The Labute approximate surface area is 87.0 Å². The molecule has 1 amide bonds. The van der Waals surface area contributed by atoms with E-state index < -0.39 is 5.91 Å². The van der Waals surface area contributed by atoms with Crippen LogP contribution in [0.15, 0.2) is 35.0 Å². The van der Waals surface area contributed by atoms with Crippen LogP contribution in [-0.4, -0.2) is 22.2 Å². The Morgan fingerprint density at radius 1 is 1.60 bits per heavy atom. The smallest absolute Gasteiger partial charge is 0.253 e. The van der Waals surface area contributed by atoms with E-state index >= 15 is 0 Å². The fourth-order valence-electron chi connectivity index (χ4n) is 0.897. The van der Waals surface area contributed by atoms with Gasteiger partial charge in [0.25, 0.3) is 5.91 Å². The zero-order valence-electron chi connectivity index (χ0n) is 8.21. The predicted octanol–water partition coefficient (Wildman–Crippen LogP) is 1.02. The zero-order chi connectivity index (χ0) is 11.3. The first-order chi connectivity index (χ1) is 7.13. The van der Waals surface area contributed by atoms with E-state index in [9.17, 15) is 4.79 Å². The molecular weight excluding hydrogens is 194 g/mol. The van der Waals surface area contributed by atoms with Crippen molar-refractivity contribution < 1.29 is 9.90 Å². The van der Waals surface area contributed by atoms with Gasteiger partial charge in [0, 0.05) is 11.9 Å². The van der Waals surface area contributed by atoms with Gasteiger partial charge in [0.05, 0.1) is 11.8 Å². The van der Waals surface area contributed by atoms with Gasteiger partial charge in [-0.3, -0.25) is 4.79 Å². The summed E-state index contributed by atoms with van der Waals surface area (Å²) in [5.74, 6) is -0.287. The zero-order valence-corrected chi connectivity index (χ0v) is 8.21. The van der Waals surface area contributed by atoms with Gasteiger partial charge in [0.15, 0.2) is 5.82 Å². The first-order valence-electron chi connectivity index (χ1n) is 4.25. The van der Waals surface area contributed by atoms with Crippen LogP contribution in [-0.2, 0) is 4.79 Å². The summed E-state index contributed by atoms with van der Waals surface area (Å²) in [7, 11) is 0. The minimum atomic E-state index is -0.742. The Balaban J connectivity index is 2.86. The third kappa shape index (κ3) is 3.22. The first kappa shape index (κ1) is 10.9. The van der Waals surface area contributed by atoms with Crippen molar-refractivity contribution in [3.63, 3.8) is 0 Å². The Morgan fingerprint density at radius 2 is 2.33 bits per heavy atom. The maximum Gasteiger partial charge on any atom is 0.253 e. The van der Waals surface area contributed by atoms with Crippen LogP contribution in [0, 0.1) is 6.92 Å². The fraction of sp³-hybridized carbons (Fsp3) is 0.100. The lowest BCUT2D eigenvalue weighted by atomic mass is 10.3. The SMILES string of the molecule is Cc1cccc(/N=C/C(=C/O)C(N)=O)n1. The van der Waals surface area contributed by atoms with E-state index in [2.05, 4.69) is 9.98 Å². The number of aliphatic hydroxyl groups is 1. The molecular formula is C10H11N3O2. The highest BCUT2D eigenvalue weighted by Crippen LogP contribution is 2.07. The van der Waals surface area contributed by atoms with Crippen LogP contribution in [0.5, 0.6) is 0 Å². The molecule has 0 saturated heterocycles. The number of pyridine rings is 1. The van der Waals surface area contributed by atoms with Crippen LogP contribution in [0.4, 0.5) is 5.82 Å². The predicted molar refractivity (Wildman–Crippen MR) is 57.0 cm³/mol. The number of carbonyl (C=O) groups is 1. The summed E-state index contributed by atoms with van der Waals surface area (Å²) >= 11 is 0. The molecule has 0 aliphatic heterocycles. The van der Waals surface area contributed by atoms with E-state index in [0.717, 1.165) is 5.69 Å². The number of aliphatic imine (C=N–C) groups is 1. The molecule has 3 N–H and O–H groups in total. The molecule has 0 unspecified atom stereocenters. The van der Waals surface area contributed by atoms with Gasteiger partial charge in [-0.2, -0.15) is 0 Å². The number of nitrogens with two attached hydrogens (primary N) is 1. The highest BCUT2D eigenvalue weighted by molar-refractivity contribution is 6.11. The number of nitrogens with zero attached hydrogens (tertiary/aromatic N) is 2. The van der Waals surface area contributed by atoms with E-state index in [4.69, 9.17) is 10.8 Å². The van der Waals surface area contributed by atoms with Gasteiger partial charge >= 0.3 is 0 Å². The van der Waals surface area contributed by atoms with Crippen LogP contribution in [0.2, 0.25) is 0 Å². The van der Waals surface area contributed by atoms with Crippen LogP contribution in [0.3, 0.4) is 0 Å². The number of aliphatic hydroxyl groups excluding tert-OH is 1. The number of carbonyl (C=O) groups excluding carboxylic acids is 1. The van der Waals surface area contributed by atoms with Crippen molar-refractivity contribution in [1.29, 1.82) is 0 Å².